The van der Waals surface area contributed by atoms with Gasteiger partial charge in [0.25, 0.3) is 0 Å². The number of nitrogens with zero attached hydrogens (tertiary/aromatic N) is 3. The molecule has 1 N–H and O–H groups in total. The molecule has 1 saturated carbocycles. The fourth-order valence-corrected chi connectivity index (χ4v) is 4.19. The molecule has 1 saturated heterocycles. The van der Waals surface area contributed by atoms with E-state index in [1.807, 2.05) is 12.3 Å². The van der Waals surface area contributed by atoms with Gasteiger partial charge in [0.2, 0.25) is 0 Å². The Labute approximate surface area is 177 Å². The van der Waals surface area contributed by atoms with E-state index in [1.54, 1.807) is 12.3 Å². The number of hydrogen-bond acceptors (Lipinski definition) is 6. The second-order valence-corrected chi connectivity index (χ2v) is 8.40. The molecule has 2 aromatic heterocycles. The minimum Gasteiger partial charge on any atom is -0.492 e. The molecule has 2 fully saturated rings. The van der Waals surface area contributed by atoms with Gasteiger partial charge in [-0.2, -0.15) is 0 Å². The number of rotatable bonds is 6. The van der Waals surface area contributed by atoms with Gasteiger partial charge < -0.3 is 19.5 Å². The van der Waals surface area contributed by atoms with Crippen molar-refractivity contribution >= 4 is 11.7 Å². The van der Waals surface area contributed by atoms with Gasteiger partial charge in [-0.1, -0.05) is 19.8 Å². The molecule has 1 atom stereocenters. The molecule has 30 heavy (non-hydrogen) atoms. The smallest absolute Gasteiger partial charge is 0.335 e. The van der Waals surface area contributed by atoms with E-state index in [0.717, 1.165) is 30.5 Å². The predicted molar refractivity (Wildman–Crippen MR) is 113 cm³/mol. The van der Waals surface area contributed by atoms with Gasteiger partial charge in [0, 0.05) is 18.8 Å². The average Bonchev–Trinajstić information content (AvgIpc) is 2.79. The van der Waals surface area contributed by atoms with Crippen molar-refractivity contribution in [1.29, 1.82) is 0 Å². The van der Waals surface area contributed by atoms with Crippen molar-refractivity contribution in [3.05, 3.63) is 48.0 Å². The Morgan fingerprint density at radius 1 is 1.27 bits per heavy atom. The molecule has 160 valence electrons. The van der Waals surface area contributed by atoms with Crippen molar-refractivity contribution in [3.8, 4) is 5.75 Å². The van der Waals surface area contributed by atoms with Gasteiger partial charge in [0.15, 0.2) is 0 Å². The van der Waals surface area contributed by atoms with Crippen molar-refractivity contribution in [3.63, 3.8) is 0 Å². The monoisotopic (exact) mass is 411 g/mol. The Morgan fingerprint density at radius 2 is 2.10 bits per heavy atom. The number of carboxylic acids is 1. The van der Waals surface area contributed by atoms with Crippen LogP contribution in [-0.4, -0.2) is 47.3 Å². The quantitative estimate of drug-likeness (QED) is 0.770. The number of morpholine rings is 1. The van der Waals surface area contributed by atoms with Crippen molar-refractivity contribution in [2.24, 2.45) is 11.8 Å². The van der Waals surface area contributed by atoms with Crippen molar-refractivity contribution in [2.45, 2.75) is 38.7 Å². The maximum absolute atomic E-state index is 11.2. The topological polar surface area (TPSA) is 84.8 Å². The second-order valence-electron chi connectivity index (χ2n) is 8.40. The summed E-state index contributed by atoms with van der Waals surface area (Å²) in [7, 11) is 0. The zero-order chi connectivity index (χ0) is 20.9. The summed E-state index contributed by atoms with van der Waals surface area (Å²) in [6.07, 6.45) is 9.89. The highest BCUT2D eigenvalue weighted by Crippen LogP contribution is 2.30. The maximum atomic E-state index is 11.2. The summed E-state index contributed by atoms with van der Waals surface area (Å²) in [6.45, 7) is 4.93. The molecule has 0 amide bonds. The summed E-state index contributed by atoms with van der Waals surface area (Å²) in [5.74, 6) is 1.30. The third-order valence-electron chi connectivity index (χ3n) is 6.11. The largest absolute Gasteiger partial charge is 0.492 e. The maximum Gasteiger partial charge on any atom is 0.335 e. The fraction of sp³-hybridized carbons (Fsp3) is 0.522. The molecule has 2 aromatic rings. The third kappa shape index (κ3) is 5.08. The number of hydrogen-bond donors (Lipinski definition) is 1. The Morgan fingerprint density at radius 3 is 2.90 bits per heavy atom. The second kappa shape index (κ2) is 9.43. The summed E-state index contributed by atoms with van der Waals surface area (Å²) in [6, 6.07) is 5.10. The molecule has 0 bridgehead atoms. The van der Waals surface area contributed by atoms with Gasteiger partial charge in [-0.15, -0.1) is 0 Å². The molecule has 0 aromatic carbocycles. The van der Waals surface area contributed by atoms with Gasteiger partial charge >= 0.3 is 5.97 Å². The molecule has 1 aliphatic carbocycles. The van der Waals surface area contributed by atoms with Crippen LogP contribution in [0.5, 0.6) is 5.75 Å². The Hall–Kier alpha value is -2.67. The molecule has 0 spiro atoms. The number of carbonyl (C=O) groups is 1. The molecule has 1 aliphatic heterocycles. The number of pyridine rings is 2. The van der Waals surface area contributed by atoms with Crippen LogP contribution >= 0.6 is 0 Å². The zero-order valence-electron chi connectivity index (χ0n) is 17.4. The van der Waals surface area contributed by atoms with E-state index in [2.05, 4.69) is 21.8 Å². The van der Waals surface area contributed by atoms with E-state index >= 15 is 0 Å². The first-order chi connectivity index (χ1) is 14.6. The SMILES string of the molecule is CC1CCC(COc2cncc(N3CCOC(c4cc(C(=O)O)ccn4)C3)c2)CC1. The lowest BCUT2D eigenvalue weighted by Crippen LogP contribution is -2.38. The molecule has 0 radical (unpaired) electrons. The van der Waals surface area contributed by atoms with Gasteiger partial charge in [-0.05, 0) is 36.8 Å². The van der Waals surface area contributed by atoms with Gasteiger partial charge in [-0.3, -0.25) is 9.97 Å². The molecule has 7 nitrogen and oxygen atoms in total. The normalized spacial score (nSPS) is 24.4. The van der Waals surface area contributed by atoms with Crippen molar-refractivity contribution < 1.29 is 19.4 Å². The van der Waals surface area contributed by atoms with Gasteiger partial charge in [-0.25, -0.2) is 4.79 Å². The zero-order valence-corrected chi connectivity index (χ0v) is 17.4. The van der Waals surface area contributed by atoms with E-state index in [-0.39, 0.29) is 11.7 Å². The van der Waals surface area contributed by atoms with Crippen LogP contribution in [0.3, 0.4) is 0 Å². The molecule has 2 aliphatic rings. The number of anilines is 1. The van der Waals surface area contributed by atoms with Crippen molar-refractivity contribution in [2.75, 3.05) is 31.2 Å². The first-order valence-corrected chi connectivity index (χ1v) is 10.7. The van der Waals surface area contributed by atoms with Gasteiger partial charge in [0.05, 0.1) is 49.1 Å². The Balaban J connectivity index is 1.39. The van der Waals surface area contributed by atoms with Crippen LogP contribution in [0.1, 0.15) is 54.8 Å². The lowest BCUT2D eigenvalue weighted by Gasteiger charge is -2.34. The van der Waals surface area contributed by atoms with Crippen molar-refractivity contribution in [1.82, 2.24) is 9.97 Å². The van der Waals surface area contributed by atoms with Crippen LogP contribution in [0.15, 0.2) is 36.8 Å². The Bertz CT molecular complexity index is 867. The first-order valence-electron chi connectivity index (χ1n) is 10.7. The lowest BCUT2D eigenvalue weighted by atomic mass is 9.83. The molecule has 1 unspecified atom stereocenters. The third-order valence-corrected chi connectivity index (χ3v) is 6.11. The number of ether oxygens (including phenoxy) is 2. The van der Waals surface area contributed by atoms with E-state index in [4.69, 9.17) is 9.47 Å². The van der Waals surface area contributed by atoms with Crippen LogP contribution in [-0.2, 0) is 4.74 Å². The predicted octanol–water partition coefficient (Wildman–Crippen LogP) is 3.96. The minimum atomic E-state index is -0.965. The standard InChI is InChI=1S/C23H29N3O4/c1-16-2-4-17(5-3-16)15-30-20-11-19(12-24-13-20)26-8-9-29-22(14-26)21-10-18(23(27)28)6-7-25-21/h6-7,10-13,16-17,22H,2-5,8-9,14-15H2,1H3,(H,27,28). The molecular weight excluding hydrogens is 382 g/mol. The lowest BCUT2D eigenvalue weighted by molar-refractivity contribution is 0.0369. The highest BCUT2D eigenvalue weighted by molar-refractivity contribution is 5.87. The van der Waals surface area contributed by atoms with Gasteiger partial charge in [0.1, 0.15) is 11.9 Å². The summed E-state index contributed by atoms with van der Waals surface area (Å²) >= 11 is 0. The minimum absolute atomic E-state index is 0.217. The van der Waals surface area contributed by atoms with Crippen LogP contribution in [0.2, 0.25) is 0 Å². The molecule has 4 rings (SSSR count). The van der Waals surface area contributed by atoms with E-state index in [9.17, 15) is 9.90 Å². The van der Waals surface area contributed by atoms with E-state index < -0.39 is 5.97 Å². The molecular formula is C23H29N3O4. The molecule has 7 heteroatoms. The summed E-state index contributed by atoms with van der Waals surface area (Å²) in [5.41, 5.74) is 1.83. The average molecular weight is 412 g/mol. The number of carboxylic acid groups (broad SMARTS) is 1. The van der Waals surface area contributed by atoms with Crippen LogP contribution in [0.4, 0.5) is 5.69 Å². The summed E-state index contributed by atoms with van der Waals surface area (Å²) in [5, 5.41) is 9.22. The molecule has 3 heterocycles. The summed E-state index contributed by atoms with van der Waals surface area (Å²) < 4.78 is 11.9. The fourth-order valence-electron chi connectivity index (χ4n) is 4.19. The first kappa shape index (κ1) is 20.6. The Kier molecular flexibility index (Phi) is 6.47. The number of aromatic carboxylic acids is 1. The highest BCUT2D eigenvalue weighted by atomic mass is 16.5. The van der Waals surface area contributed by atoms with Crippen LogP contribution in [0.25, 0.3) is 0 Å². The van der Waals surface area contributed by atoms with E-state index in [0.29, 0.717) is 24.8 Å². The highest BCUT2D eigenvalue weighted by Gasteiger charge is 2.25. The summed E-state index contributed by atoms with van der Waals surface area (Å²) in [4.78, 5) is 22.1. The number of aromatic nitrogens is 2. The van der Waals surface area contributed by atoms with E-state index in [1.165, 1.54) is 37.9 Å². The van der Waals surface area contributed by atoms with Crippen LogP contribution < -0.4 is 9.64 Å². The van der Waals surface area contributed by atoms with Crippen LogP contribution in [0, 0.1) is 11.8 Å².